The van der Waals surface area contributed by atoms with Crippen LogP contribution >= 0.6 is 11.3 Å². The van der Waals surface area contributed by atoms with Crippen LogP contribution in [0.4, 0.5) is 13.9 Å². The first kappa shape index (κ1) is 19.7. The summed E-state index contributed by atoms with van der Waals surface area (Å²) in [5, 5.41) is 0.461. The van der Waals surface area contributed by atoms with Crippen molar-refractivity contribution in [2.24, 2.45) is 5.92 Å². The van der Waals surface area contributed by atoms with Crippen LogP contribution in [0, 0.1) is 17.6 Å². The van der Waals surface area contributed by atoms with Crippen LogP contribution in [0.1, 0.15) is 32.1 Å². The van der Waals surface area contributed by atoms with Crippen LogP contribution in [-0.2, 0) is 9.53 Å². The number of benzene rings is 1. The van der Waals surface area contributed by atoms with E-state index in [-0.39, 0.29) is 17.3 Å². The van der Waals surface area contributed by atoms with Crippen molar-refractivity contribution < 1.29 is 18.3 Å². The third-order valence-electron chi connectivity index (χ3n) is 5.60. The van der Waals surface area contributed by atoms with Gasteiger partial charge in [0.2, 0.25) is 5.91 Å². The summed E-state index contributed by atoms with van der Waals surface area (Å²) in [5.74, 6) is -1.26. The van der Waals surface area contributed by atoms with Gasteiger partial charge in [0.1, 0.15) is 11.3 Å². The minimum absolute atomic E-state index is 0.00738. The molecule has 1 saturated carbocycles. The van der Waals surface area contributed by atoms with Gasteiger partial charge >= 0.3 is 0 Å². The Balaban J connectivity index is 1.59. The second kappa shape index (κ2) is 8.80. The molecule has 8 heteroatoms. The molecule has 2 aromatic rings. The van der Waals surface area contributed by atoms with E-state index >= 15 is 0 Å². The van der Waals surface area contributed by atoms with Gasteiger partial charge in [0.05, 0.1) is 17.9 Å². The minimum atomic E-state index is -0.684. The van der Waals surface area contributed by atoms with Gasteiger partial charge < -0.3 is 4.74 Å². The first-order chi connectivity index (χ1) is 13.6. The number of carbonyl (C=O) groups is 1. The Hall–Kier alpha value is -1.64. The summed E-state index contributed by atoms with van der Waals surface area (Å²) in [6.45, 7) is 4.29. The molecular formula is C20H25F2N3O2S. The third kappa shape index (κ3) is 4.34. The van der Waals surface area contributed by atoms with Crippen molar-refractivity contribution in [1.29, 1.82) is 0 Å². The summed E-state index contributed by atoms with van der Waals surface area (Å²) in [6.07, 6.45) is 5.07. The summed E-state index contributed by atoms with van der Waals surface area (Å²) in [7, 11) is 0. The van der Waals surface area contributed by atoms with Gasteiger partial charge in [-0.1, -0.05) is 30.6 Å². The van der Waals surface area contributed by atoms with Gasteiger partial charge in [-0.3, -0.25) is 14.6 Å². The third-order valence-corrected chi connectivity index (χ3v) is 6.62. The number of thiazole rings is 1. The lowest BCUT2D eigenvalue weighted by molar-refractivity contribution is -0.123. The number of rotatable bonds is 5. The molecule has 152 valence electrons. The van der Waals surface area contributed by atoms with Gasteiger partial charge in [-0.05, 0) is 18.9 Å². The van der Waals surface area contributed by atoms with Gasteiger partial charge in [0.15, 0.2) is 10.9 Å². The van der Waals surface area contributed by atoms with Crippen molar-refractivity contribution in [1.82, 2.24) is 9.88 Å². The molecule has 1 aliphatic carbocycles. The molecule has 1 saturated heterocycles. The van der Waals surface area contributed by atoms with E-state index in [1.54, 1.807) is 4.90 Å². The van der Waals surface area contributed by atoms with Crippen LogP contribution in [0.5, 0.6) is 0 Å². The van der Waals surface area contributed by atoms with Crippen LogP contribution in [0.15, 0.2) is 12.1 Å². The SMILES string of the molecule is O=C(C1CCCCC1)N(CCN1CCOCC1)c1nc2c(F)cc(F)cc2s1. The van der Waals surface area contributed by atoms with E-state index < -0.39 is 11.6 Å². The standard InChI is InChI=1S/C20H25F2N3O2S/c21-15-12-16(22)18-17(13-15)28-20(23-18)25(7-6-24-8-10-27-11-9-24)19(26)14-4-2-1-3-5-14/h12-14H,1-11H2. The zero-order chi connectivity index (χ0) is 19.5. The van der Waals surface area contributed by atoms with Crippen LogP contribution in [0.25, 0.3) is 10.2 Å². The number of halogens is 2. The molecule has 0 bridgehead atoms. The largest absolute Gasteiger partial charge is 0.379 e. The zero-order valence-electron chi connectivity index (χ0n) is 15.8. The van der Waals surface area contributed by atoms with Gasteiger partial charge in [0, 0.05) is 38.2 Å². The molecule has 5 nitrogen and oxygen atoms in total. The second-order valence-corrected chi connectivity index (χ2v) is 8.52. The predicted octanol–water partition coefficient (Wildman–Crippen LogP) is 3.82. The highest BCUT2D eigenvalue weighted by molar-refractivity contribution is 7.22. The summed E-state index contributed by atoms with van der Waals surface area (Å²) >= 11 is 1.18. The van der Waals surface area contributed by atoms with Gasteiger partial charge in [-0.25, -0.2) is 13.8 Å². The summed E-state index contributed by atoms with van der Waals surface area (Å²) in [4.78, 5) is 21.6. The second-order valence-electron chi connectivity index (χ2n) is 7.51. The Morgan fingerprint density at radius 2 is 1.96 bits per heavy atom. The topological polar surface area (TPSA) is 45.7 Å². The molecule has 1 aromatic carbocycles. The number of fused-ring (bicyclic) bond motifs is 1. The number of ether oxygens (including phenoxy) is 1. The highest BCUT2D eigenvalue weighted by Crippen LogP contribution is 2.33. The Kier molecular flexibility index (Phi) is 6.18. The maximum atomic E-state index is 14.1. The summed E-state index contributed by atoms with van der Waals surface area (Å²) < 4.78 is 33.5. The molecule has 1 aromatic heterocycles. The number of morpholine rings is 1. The van der Waals surface area contributed by atoms with E-state index in [1.165, 1.54) is 23.8 Å². The minimum Gasteiger partial charge on any atom is -0.379 e. The van der Waals surface area contributed by atoms with E-state index in [0.717, 1.165) is 44.8 Å². The molecular weight excluding hydrogens is 384 g/mol. The normalized spacial score (nSPS) is 19.2. The van der Waals surface area contributed by atoms with Gasteiger partial charge in [-0.2, -0.15) is 0 Å². The van der Waals surface area contributed by atoms with Crippen molar-refractivity contribution in [2.45, 2.75) is 32.1 Å². The Morgan fingerprint density at radius 3 is 2.71 bits per heavy atom. The fourth-order valence-corrected chi connectivity index (χ4v) is 5.03. The molecule has 0 radical (unpaired) electrons. The Labute approximate surface area is 167 Å². The van der Waals surface area contributed by atoms with Gasteiger partial charge in [-0.15, -0.1) is 0 Å². The van der Waals surface area contributed by atoms with E-state index in [0.29, 0.717) is 36.1 Å². The first-order valence-corrected chi connectivity index (χ1v) is 10.8. The molecule has 2 fully saturated rings. The molecule has 1 amide bonds. The Bertz CT molecular complexity index is 832. The molecule has 2 heterocycles. The van der Waals surface area contributed by atoms with Crippen molar-refractivity contribution in [2.75, 3.05) is 44.3 Å². The van der Waals surface area contributed by atoms with E-state index in [1.807, 2.05) is 0 Å². The number of anilines is 1. The lowest BCUT2D eigenvalue weighted by Gasteiger charge is -2.31. The quantitative estimate of drug-likeness (QED) is 0.753. The molecule has 2 aliphatic rings. The number of carbonyl (C=O) groups excluding carboxylic acids is 1. The Morgan fingerprint density at radius 1 is 1.21 bits per heavy atom. The summed E-state index contributed by atoms with van der Waals surface area (Å²) in [5.41, 5.74) is 0.134. The monoisotopic (exact) mass is 409 g/mol. The molecule has 0 spiro atoms. The maximum absolute atomic E-state index is 14.1. The lowest BCUT2D eigenvalue weighted by atomic mass is 9.88. The fourth-order valence-electron chi connectivity index (χ4n) is 4.00. The summed E-state index contributed by atoms with van der Waals surface area (Å²) in [6, 6.07) is 2.12. The fraction of sp³-hybridized carbons (Fsp3) is 0.600. The first-order valence-electron chi connectivity index (χ1n) is 9.99. The number of hydrogen-bond acceptors (Lipinski definition) is 5. The van der Waals surface area contributed by atoms with Crippen LogP contribution in [0.2, 0.25) is 0 Å². The smallest absolute Gasteiger partial charge is 0.231 e. The predicted molar refractivity (Wildman–Crippen MR) is 106 cm³/mol. The number of hydrogen-bond donors (Lipinski definition) is 0. The average molecular weight is 410 g/mol. The number of nitrogens with zero attached hydrogens (tertiary/aromatic N) is 3. The van der Waals surface area contributed by atoms with Crippen molar-refractivity contribution in [3.63, 3.8) is 0 Å². The number of aromatic nitrogens is 1. The number of amides is 1. The van der Waals surface area contributed by atoms with Crippen molar-refractivity contribution in [3.8, 4) is 0 Å². The molecule has 0 atom stereocenters. The highest BCUT2D eigenvalue weighted by atomic mass is 32.1. The highest BCUT2D eigenvalue weighted by Gasteiger charge is 2.29. The van der Waals surface area contributed by atoms with Gasteiger partial charge in [0.25, 0.3) is 0 Å². The maximum Gasteiger partial charge on any atom is 0.231 e. The molecule has 1 aliphatic heterocycles. The van der Waals surface area contributed by atoms with Crippen molar-refractivity contribution in [3.05, 3.63) is 23.8 Å². The van der Waals surface area contributed by atoms with Crippen LogP contribution < -0.4 is 4.90 Å². The molecule has 0 unspecified atom stereocenters. The molecule has 28 heavy (non-hydrogen) atoms. The molecule has 4 rings (SSSR count). The molecule has 0 N–H and O–H groups in total. The van der Waals surface area contributed by atoms with E-state index in [9.17, 15) is 13.6 Å². The van der Waals surface area contributed by atoms with Crippen LogP contribution in [-0.4, -0.2) is 55.2 Å². The average Bonchev–Trinajstić information content (AvgIpc) is 3.13. The van der Waals surface area contributed by atoms with Crippen LogP contribution in [0.3, 0.4) is 0 Å². The zero-order valence-corrected chi connectivity index (χ0v) is 16.6. The van der Waals surface area contributed by atoms with Crippen molar-refractivity contribution >= 4 is 32.6 Å². The van der Waals surface area contributed by atoms with E-state index in [2.05, 4.69) is 9.88 Å². The van der Waals surface area contributed by atoms with E-state index in [4.69, 9.17) is 4.74 Å². The lowest BCUT2D eigenvalue weighted by Crippen LogP contribution is -2.45.